The summed E-state index contributed by atoms with van der Waals surface area (Å²) in [4.78, 5) is 2.64. The van der Waals surface area contributed by atoms with Gasteiger partial charge < -0.3 is 10.6 Å². The number of nitrogens with two attached hydrogens (primary N) is 1. The summed E-state index contributed by atoms with van der Waals surface area (Å²) in [5.41, 5.74) is 6.26. The van der Waals surface area contributed by atoms with Crippen molar-refractivity contribution in [3.63, 3.8) is 0 Å². The molecule has 0 aromatic carbocycles. The van der Waals surface area contributed by atoms with Crippen LogP contribution in [0.2, 0.25) is 0 Å². The lowest BCUT2D eigenvalue weighted by Crippen LogP contribution is -2.32. The molecule has 2 nitrogen and oxygen atoms in total. The second kappa shape index (κ2) is 7.12. The van der Waals surface area contributed by atoms with Crippen molar-refractivity contribution in [3.05, 3.63) is 0 Å². The summed E-state index contributed by atoms with van der Waals surface area (Å²) in [6, 6.07) is 0. The maximum Gasteiger partial charge on any atom is 0.00479 e. The summed E-state index contributed by atoms with van der Waals surface area (Å²) < 4.78 is 0. The summed E-state index contributed by atoms with van der Waals surface area (Å²) in [6.45, 7) is 9.43. The first-order valence-corrected chi connectivity index (χ1v) is 7.54. The lowest BCUT2D eigenvalue weighted by Gasteiger charge is -2.29. The Morgan fingerprint density at radius 2 is 2.11 bits per heavy atom. The molecule has 1 heterocycles. The minimum Gasteiger partial charge on any atom is -0.330 e. The van der Waals surface area contributed by atoms with Crippen molar-refractivity contribution in [1.82, 2.24) is 4.90 Å². The van der Waals surface area contributed by atoms with Crippen LogP contribution in [-0.2, 0) is 0 Å². The highest BCUT2D eigenvalue weighted by Gasteiger charge is 2.32. The lowest BCUT2D eigenvalue weighted by molar-refractivity contribution is 0.219. The fourth-order valence-electron chi connectivity index (χ4n) is 3.67. The first-order valence-electron chi connectivity index (χ1n) is 7.54. The molecular formula is C15H31ClN2. The first kappa shape index (κ1) is 16.3. The van der Waals surface area contributed by atoms with E-state index in [0.29, 0.717) is 5.41 Å². The van der Waals surface area contributed by atoms with Crippen LogP contribution >= 0.6 is 12.4 Å². The number of nitrogens with zero attached hydrogens (tertiary/aromatic N) is 1. The largest absolute Gasteiger partial charge is 0.330 e. The summed E-state index contributed by atoms with van der Waals surface area (Å²) >= 11 is 0. The molecule has 0 spiro atoms. The van der Waals surface area contributed by atoms with Crippen LogP contribution in [0, 0.1) is 17.3 Å². The number of halogens is 1. The maximum atomic E-state index is 5.86. The van der Waals surface area contributed by atoms with Gasteiger partial charge in [-0.3, -0.25) is 0 Å². The molecule has 18 heavy (non-hydrogen) atoms. The van der Waals surface area contributed by atoms with E-state index in [4.69, 9.17) is 5.73 Å². The summed E-state index contributed by atoms with van der Waals surface area (Å²) in [5.74, 6) is 1.98. The van der Waals surface area contributed by atoms with Crippen molar-refractivity contribution in [2.75, 3.05) is 26.2 Å². The zero-order valence-electron chi connectivity index (χ0n) is 12.2. The molecule has 1 saturated carbocycles. The molecule has 3 unspecified atom stereocenters. The molecule has 0 bridgehead atoms. The van der Waals surface area contributed by atoms with E-state index in [1.165, 1.54) is 58.2 Å². The molecule has 2 rings (SSSR count). The SMILES string of the molecule is CC1CCCC(CCN2CCC(C)(CN)C2)C1.Cl. The second-order valence-electron chi connectivity index (χ2n) is 6.97. The molecule has 1 aliphatic carbocycles. The van der Waals surface area contributed by atoms with E-state index in [-0.39, 0.29) is 12.4 Å². The van der Waals surface area contributed by atoms with E-state index < -0.39 is 0 Å². The van der Waals surface area contributed by atoms with Gasteiger partial charge in [0.1, 0.15) is 0 Å². The Hall–Kier alpha value is 0.210. The molecule has 108 valence electrons. The number of rotatable bonds is 4. The van der Waals surface area contributed by atoms with Crippen LogP contribution in [0.25, 0.3) is 0 Å². The van der Waals surface area contributed by atoms with Crippen LogP contribution in [0.15, 0.2) is 0 Å². The van der Waals surface area contributed by atoms with Gasteiger partial charge in [-0.05, 0) is 56.1 Å². The molecule has 0 amide bonds. The Labute approximate surface area is 119 Å². The van der Waals surface area contributed by atoms with Crippen molar-refractivity contribution in [3.8, 4) is 0 Å². The van der Waals surface area contributed by atoms with Gasteiger partial charge in [-0.15, -0.1) is 12.4 Å². The van der Waals surface area contributed by atoms with E-state index in [2.05, 4.69) is 18.7 Å². The third-order valence-electron chi connectivity index (χ3n) is 5.03. The molecule has 2 fully saturated rings. The minimum absolute atomic E-state index is 0. The Balaban J connectivity index is 0.00000162. The quantitative estimate of drug-likeness (QED) is 0.852. The van der Waals surface area contributed by atoms with Crippen LogP contribution in [0.1, 0.15) is 52.4 Å². The van der Waals surface area contributed by atoms with E-state index in [9.17, 15) is 0 Å². The van der Waals surface area contributed by atoms with Gasteiger partial charge in [0.05, 0.1) is 0 Å². The molecule has 1 saturated heterocycles. The van der Waals surface area contributed by atoms with Crippen LogP contribution in [0.4, 0.5) is 0 Å². The Morgan fingerprint density at radius 3 is 2.72 bits per heavy atom. The Kier molecular flexibility index (Phi) is 6.43. The predicted octanol–water partition coefficient (Wildman–Crippen LogP) is 3.30. The minimum atomic E-state index is 0. The zero-order chi connectivity index (χ0) is 12.3. The highest BCUT2D eigenvalue weighted by atomic mass is 35.5. The van der Waals surface area contributed by atoms with Gasteiger partial charge in [0, 0.05) is 6.54 Å². The molecule has 0 aromatic heterocycles. The first-order chi connectivity index (χ1) is 8.11. The third-order valence-corrected chi connectivity index (χ3v) is 5.03. The molecule has 1 aliphatic heterocycles. The fraction of sp³-hybridized carbons (Fsp3) is 1.00. The lowest BCUT2D eigenvalue weighted by atomic mass is 9.81. The number of hydrogen-bond acceptors (Lipinski definition) is 2. The molecule has 0 radical (unpaired) electrons. The van der Waals surface area contributed by atoms with Gasteiger partial charge in [-0.2, -0.15) is 0 Å². The normalized spacial score (nSPS) is 37.5. The van der Waals surface area contributed by atoms with Gasteiger partial charge in [0.15, 0.2) is 0 Å². The standard InChI is InChI=1S/C15H30N2.ClH/c1-13-4-3-5-14(10-13)6-8-17-9-7-15(2,11-16)12-17;/h13-14H,3-12,16H2,1-2H3;1H. The summed E-state index contributed by atoms with van der Waals surface area (Å²) in [5, 5.41) is 0. The summed E-state index contributed by atoms with van der Waals surface area (Å²) in [6.07, 6.45) is 8.60. The molecule has 0 aromatic rings. The number of likely N-dealkylation sites (tertiary alicyclic amines) is 1. The van der Waals surface area contributed by atoms with Crippen molar-refractivity contribution in [1.29, 1.82) is 0 Å². The zero-order valence-corrected chi connectivity index (χ0v) is 13.0. The highest BCUT2D eigenvalue weighted by molar-refractivity contribution is 5.85. The van der Waals surface area contributed by atoms with Crippen LogP contribution < -0.4 is 5.73 Å². The van der Waals surface area contributed by atoms with Gasteiger partial charge in [-0.1, -0.05) is 33.1 Å². The fourth-order valence-corrected chi connectivity index (χ4v) is 3.67. The average molecular weight is 275 g/mol. The Bertz CT molecular complexity index is 247. The molecule has 2 N–H and O–H groups in total. The second-order valence-corrected chi connectivity index (χ2v) is 6.97. The van der Waals surface area contributed by atoms with Gasteiger partial charge in [0.2, 0.25) is 0 Å². The molecule has 2 aliphatic rings. The van der Waals surface area contributed by atoms with E-state index in [1.807, 2.05) is 0 Å². The van der Waals surface area contributed by atoms with E-state index in [1.54, 1.807) is 0 Å². The average Bonchev–Trinajstić information content (AvgIpc) is 2.70. The monoisotopic (exact) mass is 274 g/mol. The summed E-state index contributed by atoms with van der Waals surface area (Å²) in [7, 11) is 0. The van der Waals surface area contributed by atoms with E-state index >= 15 is 0 Å². The van der Waals surface area contributed by atoms with Crippen molar-refractivity contribution < 1.29 is 0 Å². The van der Waals surface area contributed by atoms with Gasteiger partial charge >= 0.3 is 0 Å². The number of hydrogen-bond donors (Lipinski definition) is 1. The van der Waals surface area contributed by atoms with Crippen molar-refractivity contribution in [2.24, 2.45) is 23.0 Å². The van der Waals surface area contributed by atoms with Crippen molar-refractivity contribution >= 4 is 12.4 Å². The van der Waals surface area contributed by atoms with Crippen LogP contribution in [0.5, 0.6) is 0 Å². The topological polar surface area (TPSA) is 29.3 Å². The predicted molar refractivity (Wildman–Crippen MR) is 81.2 cm³/mol. The van der Waals surface area contributed by atoms with Gasteiger partial charge in [-0.25, -0.2) is 0 Å². The molecule has 3 heteroatoms. The van der Waals surface area contributed by atoms with Crippen LogP contribution in [0.3, 0.4) is 0 Å². The Morgan fingerprint density at radius 1 is 1.33 bits per heavy atom. The maximum absolute atomic E-state index is 5.86. The third kappa shape index (κ3) is 4.40. The van der Waals surface area contributed by atoms with Gasteiger partial charge in [0.25, 0.3) is 0 Å². The smallest absolute Gasteiger partial charge is 0.00479 e. The van der Waals surface area contributed by atoms with Crippen LogP contribution in [-0.4, -0.2) is 31.1 Å². The van der Waals surface area contributed by atoms with E-state index in [0.717, 1.165) is 18.4 Å². The molecular weight excluding hydrogens is 244 g/mol. The van der Waals surface area contributed by atoms with Crippen molar-refractivity contribution in [2.45, 2.75) is 52.4 Å². The molecule has 3 atom stereocenters. The highest BCUT2D eigenvalue weighted by Crippen LogP contribution is 2.33.